The van der Waals surface area contributed by atoms with E-state index in [1.165, 1.54) is 10.5 Å². The molecule has 26 heavy (non-hydrogen) atoms. The maximum absolute atomic E-state index is 12.5. The molecule has 0 radical (unpaired) electrons. The van der Waals surface area contributed by atoms with E-state index in [-0.39, 0.29) is 11.9 Å². The van der Waals surface area contributed by atoms with E-state index < -0.39 is 0 Å². The first-order chi connectivity index (χ1) is 12.7. The van der Waals surface area contributed by atoms with Crippen LogP contribution < -0.4 is 5.32 Å². The molecule has 1 amide bonds. The fourth-order valence-corrected chi connectivity index (χ4v) is 3.15. The number of carbonyl (C=O) groups is 1. The molecule has 134 valence electrons. The zero-order valence-electron chi connectivity index (χ0n) is 14.7. The Hall–Kier alpha value is -2.60. The molecule has 0 aliphatic heterocycles. The van der Waals surface area contributed by atoms with Gasteiger partial charge in [-0.1, -0.05) is 42.5 Å². The Morgan fingerprint density at radius 2 is 1.77 bits per heavy atom. The van der Waals surface area contributed by atoms with E-state index in [9.17, 15) is 4.79 Å². The number of hydrogen-bond acceptors (Lipinski definition) is 4. The minimum atomic E-state index is -0.157. The van der Waals surface area contributed by atoms with Gasteiger partial charge in [-0.05, 0) is 35.9 Å². The molecule has 3 rings (SSSR count). The van der Waals surface area contributed by atoms with Crippen molar-refractivity contribution < 1.29 is 4.79 Å². The summed E-state index contributed by atoms with van der Waals surface area (Å²) in [4.78, 5) is 15.3. The standard InChI is InChI=1S/C20H22N4OS/c1-26-18-10-7-16(8-11-18)9-12-20(25)23-19(15-24-21-13-14-22-24)17-5-3-2-4-6-17/h2-8,10-11,13-14,19H,9,12,15H2,1H3,(H,23,25). The highest BCUT2D eigenvalue weighted by atomic mass is 32.2. The summed E-state index contributed by atoms with van der Waals surface area (Å²) in [6, 6.07) is 18.1. The van der Waals surface area contributed by atoms with Crippen LogP contribution in [0.2, 0.25) is 0 Å². The number of aryl methyl sites for hydroxylation is 1. The predicted molar refractivity (Wildman–Crippen MR) is 104 cm³/mol. The Balaban J connectivity index is 1.61. The third kappa shape index (κ3) is 5.20. The lowest BCUT2D eigenvalue weighted by Gasteiger charge is -2.19. The molecule has 1 heterocycles. The smallest absolute Gasteiger partial charge is 0.220 e. The van der Waals surface area contributed by atoms with Crippen LogP contribution in [0.3, 0.4) is 0 Å². The second-order valence-corrected chi connectivity index (χ2v) is 6.84. The van der Waals surface area contributed by atoms with Crippen LogP contribution in [-0.2, 0) is 17.8 Å². The lowest BCUT2D eigenvalue weighted by molar-refractivity contribution is -0.121. The van der Waals surface area contributed by atoms with Crippen LogP contribution in [0.1, 0.15) is 23.6 Å². The molecule has 0 fully saturated rings. The number of aromatic nitrogens is 3. The van der Waals surface area contributed by atoms with Crippen LogP contribution >= 0.6 is 11.8 Å². The summed E-state index contributed by atoms with van der Waals surface area (Å²) in [6.45, 7) is 0.505. The van der Waals surface area contributed by atoms with Gasteiger partial charge in [0.2, 0.25) is 5.91 Å². The van der Waals surface area contributed by atoms with Gasteiger partial charge in [0.15, 0.2) is 0 Å². The average molecular weight is 366 g/mol. The summed E-state index contributed by atoms with van der Waals surface area (Å²) in [5.41, 5.74) is 2.21. The molecule has 0 aliphatic carbocycles. The third-order valence-corrected chi connectivity index (χ3v) is 4.89. The topological polar surface area (TPSA) is 59.8 Å². The van der Waals surface area contributed by atoms with E-state index >= 15 is 0 Å². The molecular formula is C20H22N4OS. The summed E-state index contributed by atoms with van der Waals surface area (Å²) >= 11 is 1.72. The van der Waals surface area contributed by atoms with E-state index in [2.05, 4.69) is 46.0 Å². The maximum atomic E-state index is 12.5. The first kappa shape index (κ1) is 18.2. The predicted octanol–water partition coefficient (Wildman–Crippen LogP) is 3.49. The van der Waals surface area contributed by atoms with Crippen molar-refractivity contribution in [1.82, 2.24) is 20.3 Å². The Kier molecular flexibility index (Phi) is 6.44. The third-order valence-electron chi connectivity index (χ3n) is 4.15. The van der Waals surface area contributed by atoms with Crippen molar-refractivity contribution in [3.63, 3.8) is 0 Å². The van der Waals surface area contributed by atoms with Gasteiger partial charge in [0.1, 0.15) is 0 Å². The van der Waals surface area contributed by atoms with Gasteiger partial charge in [0, 0.05) is 11.3 Å². The zero-order valence-corrected chi connectivity index (χ0v) is 15.5. The molecule has 1 unspecified atom stereocenters. The fraction of sp³-hybridized carbons (Fsp3) is 0.250. The van der Waals surface area contributed by atoms with Gasteiger partial charge >= 0.3 is 0 Å². The summed E-state index contributed by atoms with van der Waals surface area (Å²) in [7, 11) is 0. The minimum Gasteiger partial charge on any atom is -0.347 e. The Bertz CT molecular complexity index is 804. The molecule has 2 aromatic carbocycles. The highest BCUT2D eigenvalue weighted by Gasteiger charge is 2.16. The second kappa shape index (κ2) is 9.20. The molecule has 0 spiro atoms. The largest absolute Gasteiger partial charge is 0.347 e. The highest BCUT2D eigenvalue weighted by molar-refractivity contribution is 7.98. The Morgan fingerprint density at radius 1 is 1.08 bits per heavy atom. The maximum Gasteiger partial charge on any atom is 0.220 e. The van der Waals surface area contributed by atoms with Crippen LogP contribution in [0, 0.1) is 0 Å². The van der Waals surface area contributed by atoms with Crippen LogP contribution in [-0.4, -0.2) is 27.2 Å². The summed E-state index contributed by atoms with van der Waals surface area (Å²) in [5.74, 6) is 0.0277. The van der Waals surface area contributed by atoms with E-state index in [4.69, 9.17) is 0 Å². The number of nitrogens with zero attached hydrogens (tertiary/aromatic N) is 3. The van der Waals surface area contributed by atoms with E-state index in [0.29, 0.717) is 13.0 Å². The van der Waals surface area contributed by atoms with Crippen molar-refractivity contribution in [3.8, 4) is 0 Å². The van der Waals surface area contributed by atoms with Crippen LogP contribution in [0.5, 0.6) is 0 Å². The monoisotopic (exact) mass is 366 g/mol. The van der Waals surface area contributed by atoms with Crippen molar-refractivity contribution in [3.05, 3.63) is 78.1 Å². The normalized spacial score (nSPS) is 11.9. The molecule has 0 saturated heterocycles. The van der Waals surface area contributed by atoms with Gasteiger partial charge in [-0.15, -0.1) is 11.8 Å². The van der Waals surface area contributed by atoms with Gasteiger partial charge in [0.25, 0.3) is 0 Å². The van der Waals surface area contributed by atoms with Gasteiger partial charge in [-0.3, -0.25) is 4.79 Å². The molecule has 0 saturated carbocycles. The van der Waals surface area contributed by atoms with Gasteiger partial charge in [-0.25, -0.2) is 0 Å². The van der Waals surface area contributed by atoms with Crippen LogP contribution in [0.15, 0.2) is 71.9 Å². The quantitative estimate of drug-likeness (QED) is 0.620. The van der Waals surface area contributed by atoms with E-state index in [1.54, 1.807) is 29.0 Å². The minimum absolute atomic E-state index is 0.0277. The molecule has 6 heteroatoms. The van der Waals surface area contributed by atoms with E-state index in [1.807, 2.05) is 30.3 Å². The van der Waals surface area contributed by atoms with Crippen LogP contribution in [0.4, 0.5) is 0 Å². The Morgan fingerprint density at radius 3 is 2.42 bits per heavy atom. The number of benzene rings is 2. The first-order valence-corrected chi connectivity index (χ1v) is 9.78. The molecule has 0 aliphatic rings. The fourth-order valence-electron chi connectivity index (χ4n) is 2.74. The summed E-state index contributed by atoms with van der Waals surface area (Å²) in [6.07, 6.45) is 6.52. The molecule has 1 N–H and O–H groups in total. The Labute approximate surface area is 157 Å². The summed E-state index contributed by atoms with van der Waals surface area (Å²) in [5, 5.41) is 11.4. The zero-order chi connectivity index (χ0) is 18.2. The first-order valence-electron chi connectivity index (χ1n) is 8.56. The summed E-state index contributed by atoms with van der Waals surface area (Å²) < 4.78 is 0. The van der Waals surface area contributed by atoms with Gasteiger partial charge < -0.3 is 5.32 Å². The lowest BCUT2D eigenvalue weighted by atomic mass is 10.1. The van der Waals surface area contributed by atoms with Crippen molar-refractivity contribution in [2.75, 3.05) is 6.26 Å². The number of hydrogen-bond donors (Lipinski definition) is 1. The number of thioether (sulfide) groups is 1. The highest BCUT2D eigenvalue weighted by Crippen LogP contribution is 2.17. The van der Waals surface area contributed by atoms with Crippen LogP contribution in [0.25, 0.3) is 0 Å². The molecule has 3 aromatic rings. The van der Waals surface area contributed by atoms with Crippen molar-refractivity contribution in [1.29, 1.82) is 0 Å². The lowest BCUT2D eigenvalue weighted by Crippen LogP contribution is -2.32. The number of amides is 1. The number of carbonyl (C=O) groups excluding carboxylic acids is 1. The molecule has 1 aromatic heterocycles. The molecule has 1 atom stereocenters. The van der Waals surface area contributed by atoms with Crippen molar-refractivity contribution >= 4 is 17.7 Å². The number of rotatable bonds is 8. The molecule has 5 nitrogen and oxygen atoms in total. The number of nitrogens with one attached hydrogen (secondary N) is 1. The van der Waals surface area contributed by atoms with Gasteiger partial charge in [-0.2, -0.15) is 15.0 Å². The second-order valence-electron chi connectivity index (χ2n) is 5.96. The van der Waals surface area contributed by atoms with Gasteiger partial charge in [0.05, 0.1) is 25.0 Å². The molecular weight excluding hydrogens is 344 g/mol. The SMILES string of the molecule is CSc1ccc(CCC(=O)NC(Cn2nccn2)c2ccccc2)cc1. The molecule has 0 bridgehead atoms. The van der Waals surface area contributed by atoms with Crippen molar-refractivity contribution in [2.24, 2.45) is 0 Å². The van der Waals surface area contributed by atoms with E-state index in [0.717, 1.165) is 12.0 Å². The van der Waals surface area contributed by atoms with Crippen molar-refractivity contribution in [2.45, 2.75) is 30.3 Å². The average Bonchev–Trinajstić information content (AvgIpc) is 3.20.